The van der Waals surface area contributed by atoms with E-state index < -0.39 is 11.7 Å². The topological polar surface area (TPSA) is 108 Å². The molecular formula is C17H24N4O5. The van der Waals surface area contributed by atoms with Crippen molar-refractivity contribution in [2.75, 3.05) is 6.54 Å². The third-order valence-electron chi connectivity index (χ3n) is 5.41. The van der Waals surface area contributed by atoms with Crippen LogP contribution in [0.3, 0.4) is 0 Å². The normalized spacial score (nSPS) is 26.4. The Balaban J connectivity index is 1.43. The molecule has 3 amide bonds. The highest BCUT2D eigenvalue weighted by atomic mass is 16.6. The second-order valence-corrected chi connectivity index (χ2v) is 8.45. The van der Waals surface area contributed by atoms with E-state index in [2.05, 4.69) is 10.5 Å². The number of hydrogen-bond acceptors (Lipinski definition) is 6. The SMILES string of the molecule is CC(C)(C)OC(=O)NCc1cc([C@@H]2CC3(CC3)[C@H]3CN2C(=O)N3O)no1. The summed E-state index contributed by atoms with van der Waals surface area (Å²) in [7, 11) is 0. The van der Waals surface area contributed by atoms with Crippen LogP contribution in [0.5, 0.6) is 0 Å². The molecule has 142 valence electrons. The van der Waals surface area contributed by atoms with Crippen molar-refractivity contribution >= 4 is 12.1 Å². The maximum atomic E-state index is 12.3. The van der Waals surface area contributed by atoms with E-state index in [0.29, 0.717) is 18.0 Å². The van der Waals surface area contributed by atoms with Gasteiger partial charge in [0.1, 0.15) is 11.3 Å². The number of nitrogens with zero attached hydrogens (tertiary/aromatic N) is 3. The van der Waals surface area contributed by atoms with Gasteiger partial charge in [0.05, 0.1) is 18.6 Å². The number of rotatable bonds is 3. The van der Waals surface area contributed by atoms with Gasteiger partial charge in [0.15, 0.2) is 5.76 Å². The van der Waals surface area contributed by atoms with Gasteiger partial charge in [-0.3, -0.25) is 5.21 Å². The number of ether oxygens (including phenoxy) is 1. The molecule has 3 heterocycles. The molecule has 0 radical (unpaired) electrons. The molecule has 3 fully saturated rings. The van der Waals surface area contributed by atoms with E-state index in [4.69, 9.17) is 9.26 Å². The lowest BCUT2D eigenvalue weighted by atomic mass is 9.84. The first-order chi connectivity index (χ1) is 12.2. The Bertz CT molecular complexity index is 736. The summed E-state index contributed by atoms with van der Waals surface area (Å²) < 4.78 is 10.5. The average molecular weight is 364 g/mol. The van der Waals surface area contributed by atoms with Gasteiger partial charge in [-0.05, 0) is 45.4 Å². The van der Waals surface area contributed by atoms with Crippen LogP contribution in [0, 0.1) is 5.41 Å². The fourth-order valence-corrected chi connectivity index (χ4v) is 3.96. The number of alkyl carbamates (subject to hydrolysis) is 1. The first-order valence-corrected chi connectivity index (χ1v) is 8.90. The van der Waals surface area contributed by atoms with Crippen molar-refractivity contribution in [3.05, 3.63) is 17.5 Å². The van der Waals surface area contributed by atoms with Gasteiger partial charge in [-0.2, -0.15) is 0 Å². The lowest BCUT2D eigenvalue weighted by Gasteiger charge is -2.35. The van der Waals surface area contributed by atoms with Gasteiger partial charge in [0, 0.05) is 12.6 Å². The van der Waals surface area contributed by atoms with Gasteiger partial charge >= 0.3 is 12.1 Å². The fourth-order valence-electron chi connectivity index (χ4n) is 3.96. The summed E-state index contributed by atoms with van der Waals surface area (Å²) >= 11 is 0. The molecule has 2 aliphatic heterocycles. The van der Waals surface area contributed by atoms with Crippen LogP contribution < -0.4 is 5.32 Å². The van der Waals surface area contributed by atoms with E-state index in [1.165, 1.54) is 0 Å². The number of piperidine rings is 1. The van der Waals surface area contributed by atoms with E-state index >= 15 is 0 Å². The minimum atomic E-state index is -0.569. The summed E-state index contributed by atoms with van der Waals surface area (Å²) in [6, 6.07) is 1.05. The Hall–Kier alpha value is -2.29. The van der Waals surface area contributed by atoms with E-state index in [-0.39, 0.29) is 30.1 Å². The molecule has 4 rings (SSSR count). The van der Waals surface area contributed by atoms with Crippen LogP contribution >= 0.6 is 0 Å². The zero-order chi connectivity index (χ0) is 18.7. The monoisotopic (exact) mass is 364 g/mol. The molecule has 3 aliphatic rings. The standard InChI is InChI=1S/C17H24N4O5/c1-16(2,3)25-14(22)18-8-10-6-11(19-26-10)12-7-17(4-5-17)13-9-20(12)15(23)21(13)24/h6,12-13,24H,4-5,7-9H2,1-3H3,(H,18,22)/t12-,13+/m0/s1. The summed E-state index contributed by atoms with van der Waals surface area (Å²) in [4.78, 5) is 25.7. The second-order valence-electron chi connectivity index (χ2n) is 8.45. The third-order valence-corrected chi connectivity index (χ3v) is 5.41. The molecule has 1 spiro atoms. The maximum Gasteiger partial charge on any atom is 0.408 e. The van der Waals surface area contributed by atoms with Crippen molar-refractivity contribution in [3.8, 4) is 0 Å². The quantitative estimate of drug-likeness (QED) is 0.798. The van der Waals surface area contributed by atoms with E-state index in [1.54, 1.807) is 31.7 Å². The predicted octanol–water partition coefficient (Wildman–Crippen LogP) is 2.42. The Kier molecular flexibility index (Phi) is 3.69. The number of aromatic nitrogens is 1. The molecule has 0 unspecified atom stereocenters. The summed E-state index contributed by atoms with van der Waals surface area (Å²) in [6.45, 7) is 6.04. The zero-order valence-electron chi connectivity index (χ0n) is 15.2. The molecule has 2 atom stereocenters. The molecule has 1 aromatic rings. The molecule has 2 N–H and O–H groups in total. The number of hydrogen-bond donors (Lipinski definition) is 2. The van der Waals surface area contributed by atoms with Crippen LogP contribution in [0.1, 0.15) is 57.5 Å². The Morgan fingerprint density at radius 2 is 2.23 bits per heavy atom. The van der Waals surface area contributed by atoms with Crippen molar-refractivity contribution in [1.29, 1.82) is 0 Å². The summed E-state index contributed by atoms with van der Waals surface area (Å²) in [5.41, 5.74) is 0.0789. The third kappa shape index (κ3) is 2.90. The number of carbonyl (C=O) groups is 2. The van der Waals surface area contributed by atoms with Gasteiger partial charge in [-0.25, -0.2) is 14.7 Å². The van der Waals surface area contributed by atoms with Crippen LogP contribution in [0.25, 0.3) is 0 Å². The molecule has 1 aromatic heterocycles. The average Bonchev–Trinajstić information content (AvgIpc) is 3.06. The predicted molar refractivity (Wildman–Crippen MR) is 88.1 cm³/mol. The molecule has 0 aromatic carbocycles. The summed E-state index contributed by atoms with van der Waals surface area (Å²) in [6.07, 6.45) is 2.26. The number of amides is 3. The van der Waals surface area contributed by atoms with Crippen molar-refractivity contribution in [2.45, 2.75) is 64.3 Å². The first-order valence-electron chi connectivity index (χ1n) is 8.90. The van der Waals surface area contributed by atoms with Gasteiger partial charge in [0.2, 0.25) is 0 Å². The Morgan fingerprint density at radius 1 is 1.50 bits per heavy atom. The molecule has 1 saturated carbocycles. The minimum absolute atomic E-state index is 0.00401. The zero-order valence-corrected chi connectivity index (χ0v) is 15.2. The van der Waals surface area contributed by atoms with Crippen molar-refractivity contribution < 1.29 is 24.1 Å². The maximum absolute atomic E-state index is 12.3. The number of urea groups is 1. The van der Waals surface area contributed by atoms with Crippen molar-refractivity contribution in [3.63, 3.8) is 0 Å². The van der Waals surface area contributed by atoms with Crippen LogP contribution in [0.15, 0.2) is 10.6 Å². The second kappa shape index (κ2) is 5.60. The van der Waals surface area contributed by atoms with Crippen LogP contribution in [-0.2, 0) is 11.3 Å². The molecule has 2 saturated heterocycles. The Morgan fingerprint density at radius 3 is 2.88 bits per heavy atom. The van der Waals surface area contributed by atoms with Gasteiger partial charge in [-0.1, -0.05) is 5.16 Å². The van der Waals surface area contributed by atoms with Crippen molar-refractivity contribution in [1.82, 2.24) is 20.4 Å². The van der Waals surface area contributed by atoms with E-state index in [1.807, 2.05) is 0 Å². The molecule has 26 heavy (non-hydrogen) atoms. The lowest BCUT2D eigenvalue weighted by Crippen LogP contribution is -2.41. The molecule has 9 heteroatoms. The highest BCUT2D eigenvalue weighted by molar-refractivity contribution is 5.77. The number of nitrogens with one attached hydrogen (secondary N) is 1. The van der Waals surface area contributed by atoms with Gasteiger partial charge in [-0.15, -0.1) is 0 Å². The van der Waals surface area contributed by atoms with Crippen LogP contribution in [0.4, 0.5) is 9.59 Å². The van der Waals surface area contributed by atoms with Crippen LogP contribution in [-0.4, -0.2) is 50.6 Å². The minimum Gasteiger partial charge on any atom is -0.444 e. The summed E-state index contributed by atoms with van der Waals surface area (Å²) in [5.74, 6) is 0.491. The first kappa shape index (κ1) is 17.1. The number of fused-ring (bicyclic) bond motifs is 3. The number of carbonyl (C=O) groups excluding carboxylic acids is 2. The molecular weight excluding hydrogens is 340 g/mol. The van der Waals surface area contributed by atoms with Crippen molar-refractivity contribution in [2.24, 2.45) is 5.41 Å². The molecule has 2 bridgehead atoms. The number of hydroxylamine groups is 2. The molecule has 9 nitrogen and oxygen atoms in total. The van der Waals surface area contributed by atoms with Gasteiger partial charge < -0.3 is 19.5 Å². The smallest absolute Gasteiger partial charge is 0.408 e. The van der Waals surface area contributed by atoms with E-state index in [9.17, 15) is 14.8 Å². The largest absolute Gasteiger partial charge is 0.444 e. The molecule has 1 aliphatic carbocycles. The highest BCUT2D eigenvalue weighted by Crippen LogP contribution is 2.61. The Labute approximate surface area is 151 Å². The van der Waals surface area contributed by atoms with Gasteiger partial charge in [0.25, 0.3) is 0 Å². The highest BCUT2D eigenvalue weighted by Gasteiger charge is 2.63. The fraction of sp³-hybridized carbons (Fsp3) is 0.706. The van der Waals surface area contributed by atoms with E-state index in [0.717, 1.165) is 24.3 Å². The lowest BCUT2D eigenvalue weighted by molar-refractivity contribution is -0.0782. The summed E-state index contributed by atoms with van der Waals surface area (Å²) in [5, 5.41) is 17.7. The van der Waals surface area contributed by atoms with Crippen LogP contribution in [0.2, 0.25) is 0 Å².